The maximum absolute atomic E-state index is 10.7. The summed E-state index contributed by atoms with van der Waals surface area (Å²) in [4.78, 5) is 31.3. The van der Waals surface area contributed by atoms with Gasteiger partial charge in [-0.25, -0.2) is 9.59 Å². The minimum atomic E-state index is -1.04. The van der Waals surface area contributed by atoms with Crippen LogP contribution in [-0.4, -0.2) is 24.1 Å². The van der Waals surface area contributed by atoms with Gasteiger partial charge in [-0.15, -0.1) is 0 Å². The van der Waals surface area contributed by atoms with E-state index >= 15 is 0 Å². The van der Waals surface area contributed by atoms with Gasteiger partial charge in [0.2, 0.25) is 0 Å². The molecule has 0 spiro atoms. The molecule has 1 saturated heterocycles. The normalized spacial score (nSPS) is 18.9. The van der Waals surface area contributed by atoms with Gasteiger partial charge in [-0.1, -0.05) is 0 Å². The second kappa shape index (κ2) is 5.44. The predicted molar refractivity (Wildman–Crippen MR) is 33.9 cm³/mol. The zero-order chi connectivity index (χ0) is 8.43. The van der Waals surface area contributed by atoms with Crippen molar-refractivity contribution in [1.29, 1.82) is 0 Å². The molecule has 0 aromatic rings. The Labute approximate surface area is 85.7 Å². The van der Waals surface area contributed by atoms with Gasteiger partial charge < -0.3 is 21.8 Å². The zero-order valence-corrected chi connectivity index (χ0v) is 9.46. The topological polar surface area (TPSA) is 142 Å². The summed E-state index contributed by atoms with van der Waals surface area (Å²) < 4.78 is 0. The summed E-state index contributed by atoms with van der Waals surface area (Å²) in [6.07, 6.45) is -1.04. The Morgan fingerprint density at radius 2 is 2.00 bits per heavy atom. The van der Waals surface area contributed by atoms with Gasteiger partial charge >= 0.3 is 31.5 Å². The number of primary amides is 1. The monoisotopic (exact) mass is 238 g/mol. The molecule has 1 unspecified atom stereocenters. The van der Waals surface area contributed by atoms with Crippen molar-refractivity contribution < 1.29 is 39.3 Å². The molecular weight excluding hydrogens is 233 g/mol. The van der Waals surface area contributed by atoms with Gasteiger partial charge in [-0.3, -0.25) is 10.1 Å². The Balaban J connectivity index is 0. The molecule has 0 bridgehead atoms. The molecule has 1 heterocycles. The second-order valence-corrected chi connectivity index (χ2v) is 1.90. The molecule has 1 atom stereocenters. The van der Waals surface area contributed by atoms with Crippen LogP contribution in [0.2, 0.25) is 0 Å². The summed E-state index contributed by atoms with van der Waals surface area (Å²) in [6, 6.07) is -1.51. The molecule has 0 aliphatic carbocycles. The smallest absolute Gasteiger partial charge is 2.00 e. The summed E-state index contributed by atoms with van der Waals surface area (Å²) in [7, 11) is 0. The van der Waals surface area contributed by atoms with Crippen LogP contribution in [-0.2, 0) is 29.7 Å². The Hall–Kier alpha value is -1.21. The molecule has 13 heavy (non-hydrogen) atoms. The molecular formula is C4H6N4O4Zn. The van der Waals surface area contributed by atoms with Gasteiger partial charge in [0.25, 0.3) is 5.91 Å². The number of rotatable bonds is 1. The number of nitrogens with two attached hydrogens (primary N) is 1. The van der Waals surface area contributed by atoms with Gasteiger partial charge in [0.05, 0.1) is 0 Å². The average Bonchev–Trinajstić information content (AvgIpc) is 2.09. The van der Waals surface area contributed by atoms with Crippen molar-refractivity contribution in [2.75, 3.05) is 0 Å². The third kappa shape index (κ3) is 3.81. The largest absolute Gasteiger partial charge is 2.00 e. The number of imide groups is 1. The Kier molecular flexibility index (Phi) is 6.00. The Morgan fingerprint density at radius 1 is 1.46 bits per heavy atom. The van der Waals surface area contributed by atoms with Gasteiger partial charge in [0, 0.05) is 0 Å². The minimum absolute atomic E-state index is 0. The summed E-state index contributed by atoms with van der Waals surface area (Å²) >= 11 is 0. The Bertz CT molecular complexity index is 232. The third-order valence-corrected chi connectivity index (χ3v) is 1.06. The van der Waals surface area contributed by atoms with E-state index in [0.717, 1.165) is 0 Å². The molecule has 1 fully saturated rings. The molecule has 0 saturated carbocycles. The molecule has 5 amide bonds. The summed E-state index contributed by atoms with van der Waals surface area (Å²) in [6.45, 7) is 0. The summed E-state index contributed by atoms with van der Waals surface area (Å²) in [5.41, 5.74) is 4.70. The fourth-order valence-corrected chi connectivity index (χ4v) is 0.661. The van der Waals surface area contributed by atoms with Crippen molar-refractivity contribution in [2.45, 2.75) is 6.17 Å². The number of carbonyl (C=O) groups excluding carboxylic acids is 3. The van der Waals surface area contributed by atoms with Crippen LogP contribution in [0.15, 0.2) is 0 Å². The van der Waals surface area contributed by atoms with Gasteiger partial charge in [-0.2, -0.15) is 0 Å². The van der Waals surface area contributed by atoms with Crippen molar-refractivity contribution in [2.24, 2.45) is 5.73 Å². The number of nitrogens with one attached hydrogen (secondary N) is 3. The summed E-state index contributed by atoms with van der Waals surface area (Å²) in [5.74, 6) is -0.617. The van der Waals surface area contributed by atoms with Crippen molar-refractivity contribution in [3.05, 3.63) is 0 Å². The maximum atomic E-state index is 10.7. The van der Waals surface area contributed by atoms with E-state index in [4.69, 9.17) is 5.73 Å². The standard InChI is InChI=1S/C4H6N4O3.O.Zn/c5-3(10)6-1-2(9)8-4(11)7-1;;/h1H,(H3,5,6,10)(H2,7,8,9,11);;/q;-2;+2. The number of amides is 5. The van der Waals surface area contributed by atoms with E-state index in [2.05, 4.69) is 5.32 Å². The van der Waals surface area contributed by atoms with E-state index in [-0.39, 0.29) is 25.0 Å². The zero-order valence-electron chi connectivity index (χ0n) is 6.49. The van der Waals surface area contributed by atoms with E-state index in [1.54, 1.807) is 0 Å². The number of carbonyl (C=O) groups is 3. The molecule has 1 aliphatic heterocycles. The van der Waals surface area contributed by atoms with Crippen LogP contribution in [0.5, 0.6) is 0 Å². The third-order valence-electron chi connectivity index (χ3n) is 1.06. The fraction of sp³-hybridized carbons (Fsp3) is 0.250. The second-order valence-electron chi connectivity index (χ2n) is 1.90. The van der Waals surface area contributed by atoms with Crippen LogP contribution >= 0.6 is 0 Å². The van der Waals surface area contributed by atoms with Crippen LogP contribution in [0.3, 0.4) is 0 Å². The molecule has 1 rings (SSSR count). The SMILES string of the molecule is NC(=O)NC1NC(=O)NC1=O.[O-2].[Zn+2]. The van der Waals surface area contributed by atoms with E-state index < -0.39 is 24.1 Å². The van der Waals surface area contributed by atoms with Crippen LogP contribution in [0.1, 0.15) is 0 Å². The Morgan fingerprint density at radius 3 is 2.31 bits per heavy atom. The number of hydrogen-bond donors (Lipinski definition) is 4. The molecule has 1 aliphatic rings. The molecule has 0 aromatic heterocycles. The molecule has 0 radical (unpaired) electrons. The molecule has 0 aromatic carbocycles. The first-order valence-corrected chi connectivity index (χ1v) is 2.77. The van der Waals surface area contributed by atoms with E-state index in [0.29, 0.717) is 0 Å². The average molecular weight is 240 g/mol. The van der Waals surface area contributed by atoms with Crippen molar-refractivity contribution >= 4 is 18.0 Å². The van der Waals surface area contributed by atoms with Crippen molar-refractivity contribution in [3.8, 4) is 0 Å². The van der Waals surface area contributed by atoms with Gasteiger partial charge in [-0.05, 0) is 0 Å². The van der Waals surface area contributed by atoms with Crippen LogP contribution < -0.4 is 21.7 Å². The van der Waals surface area contributed by atoms with E-state index in [9.17, 15) is 14.4 Å². The van der Waals surface area contributed by atoms with Crippen molar-refractivity contribution in [1.82, 2.24) is 16.0 Å². The molecule has 5 N–H and O–H groups in total. The van der Waals surface area contributed by atoms with Gasteiger partial charge in [0.1, 0.15) is 0 Å². The van der Waals surface area contributed by atoms with E-state index in [1.807, 2.05) is 10.6 Å². The molecule has 9 heteroatoms. The summed E-state index contributed by atoms with van der Waals surface area (Å²) in [5, 5.41) is 6.05. The maximum Gasteiger partial charge on any atom is 2.00 e. The van der Waals surface area contributed by atoms with E-state index in [1.165, 1.54) is 0 Å². The fourth-order valence-electron chi connectivity index (χ4n) is 0.661. The predicted octanol–water partition coefficient (Wildman–Crippen LogP) is -2.30. The van der Waals surface area contributed by atoms with Crippen LogP contribution in [0.25, 0.3) is 0 Å². The van der Waals surface area contributed by atoms with Crippen LogP contribution in [0, 0.1) is 0 Å². The first-order chi connectivity index (χ1) is 5.09. The minimum Gasteiger partial charge on any atom is -2.00 e. The van der Waals surface area contributed by atoms with Gasteiger partial charge in [0.15, 0.2) is 6.17 Å². The number of urea groups is 2. The quantitative estimate of drug-likeness (QED) is 0.302. The molecule has 68 valence electrons. The molecule has 8 nitrogen and oxygen atoms in total. The van der Waals surface area contributed by atoms with Crippen LogP contribution in [0.4, 0.5) is 9.59 Å². The first kappa shape index (κ1) is 14.3. The van der Waals surface area contributed by atoms with Crippen molar-refractivity contribution in [3.63, 3.8) is 0 Å². The first-order valence-electron chi connectivity index (χ1n) is 2.77. The number of hydrogen-bond acceptors (Lipinski definition) is 3.